The van der Waals surface area contributed by atoms with Gasteiger partial charge < -0.3 is 10.1 Å². The van der Waals surface area contributed by atoms with Crippen LogP contribution in [-0.4, -0.2) is 23.1 Å². The number of rotatable bonds is 7. The van der Waals surface area contributed by atoms with Gasteiger partial charge in [-0.15, -0.1) is 11.3 Å². The van der Waals surface area contributed by atoms with Crippen molar-refractivity contribution in [1.82, 2.24) is 15.3 Å². The molecule has 0 spiro atoms. The second-order valence-corrected chi connectivity index (χ2v) is 6.42. The number of aryl methyl sites for hydroxylation is 1. The highest BCUT2D eigenvalue weighted by atomic mass is 32.1. The first-order chi connectivity index (χ1) is 10.1. The molecule has 2 aromatic heterocycles. The van der Waals surface area contributed by atoms with Gasteiger partial charge in [-0.2, -0.15) is 0 Å². The minimum Gasteiger partial charge on any atom is -0.481 e. The predicted octanol–water partition coefficient (Wildman–Crippen LogP) is 3.20. The van der Waals surface area contributed by atoms with E-state index in [1.165, 1.54) is 10.6 Å². The minimum absolute atomic E-state index is 0.492. The molecule has 114 valence electrons. The number of methoxy groups -OCH3 is 1. The summed E-state index contributed by atoms with van der Waals surface area (Å²) in [5.41, 5.74) is 2.38. The third-order valence-corrected chi connectivity index (χ3v) is 4.29. The molecule has 0 aromatic carbocycles. The number of ether oxygens (including phenoxy) is 1. The summed E-state index contributed by atoms with van der Waals surface area (Å²) < 4.78 is 5.08. The fraction of sp³-hybridized carbons (Fsp3) is 0.500. The highest BCUT2D eigenvalue weighted by molar-refractivity contribution is 7.11. The Morgan fingerprint density at radius 3 is 2.71 bits per heavy atom. The summed E-state index contributed by atoms with van der Waals surface area (Å²) in [6.07, 6.45) is 3.67. The van der Waals surface area contributed by atoms with Crippen molar-refractivity contribution in [2.75, 3.05) is 7.11 Å². The molecule has 0 amide bonds. The Bertz CT molecular complexity index is 563. The molecule has 0 aliphatic carbocycles. The van der Waals surface area contributed by atoms with Crippen molar-refractivity contribution in [3.05, 3.63) is 39.5 Å². The van der Waals surface area contributed by atoms with Gasteiger partial charge in [-0.05, 0) is 12.0 Å². The highest BCUT2D eigenvalue weighted by Gasteiger charge is 2.11. The van der Waals surface area contributed by atoms with Crippen LogP contribution in [0.1, 0.15) is 41.9 Å². The molecule has 0 bridgehead atoms. The van der Waals surface area contributed by atoms with E-state index in [0.717, 1.165) is 30.0 Å². The Balaban J connectivity index is 2.08. The smallest absolute Gasteiger partial charge is 0.212 e. The van der Waals surface area contributed by atoms with Crippen molar-refractivity contribution in [2.45, 2.75) is 46.2 Å². The van der Waals surface area contributed by atoms with Gasteiger partial charge in [0.2, 0.25) is 5.88 Å². The first kappa shape index (κ1) is 15.9. The largest absolute Gasteiger partial charge is 0.481 e. The van der Waals surface area contributed by atoms with Gasteiger partial charge in [0.15, 0.2) is 0 Å². The molecule has 0 aliphatic heterocycles. The van der Waals surface area contributed by atoms with Gasteiger partial charge >= 0.3 is 0 Å². The third-order valence-electron chi connectivity index (χ3n) is 3.19. The van der Waals surface area contributed by atoms with Crippen molar-refractivity contribution >= 4 is 11.3 Å². The monoisotopic (exact) mass is 305 g/mol. The van der Waals surface area contributed by atoms with E-state index in [-0.39, 0.29) is 0 Å². The molecule has 4 nitrogen and oxygen atoms in total. The maximum absolute atomic E-state index is 5.08. The Morgan fingerprint density at radius 2 is 2.14 bits per heavy atom. The summed E-state index contributed by atoms with van der Waals surface area (Å²) in [6, 6.07) is 4.43. The lowest BCUT2D eigenvalue weighted by Gasteiger charge is -2.06. The molecular formula is C16H23N3OS. The summed E-state index contributed by atoms with van der Waals surface area (Å²) >= 11 is 1.80. The van der Waals surface area contributed by atoms with Crippen LogP contribution in [0.2, 0.25) is 0 Å². The molecular weight excluding hydrogens is 282 g/mol. The maximum Gasteiger partial charge on any atom is 0.212 e. The van der Waals surface area contributed by atoms with Gasteiger partial charge in [0, 0.05) is 36.1 Å². The lowest BCUT2D eigenvalue weighted by molar-refractivity contribution is 0.397. The summed E-state index contributed by atoms with van der Waals surface area (Å²) in [4.78, 5) is 10.4. The van der Waals surface area contributed by atoms with E-state index in [2.05, 4.69) is 31.1 Å². The van der Waals surface area contributed by atoms with Gasteiger partial charge in [0.1, 0.15) is 0 Å². The van der Waals surface area contributed by atoms with Crippen molar-refractivity contribution in [2.24, 2.45) is 0 Å². The van der Waals surface area contributed by atoms with Crippen LogP contribution in [0.5, 0.6) is 5.88 Å². The second-order valence-electron chi connectivity index (χ2n) is 5.25. The molecule has 0 unspecified atom stereocenters. The summed E-state index contributed by atoms with van der Waals surface area (Å²) in [6.45, 7) is 7.39. The van der Waals surface area contributed by atoms with Crippen LogP contribution < -0.4 is 10.1 Å². The number of hydrogen-bond donors (Lipinski definition) is 1. The molecule has 5 heteroatoms. The SMILES string of the molecule is CCc1nc(Cc2ccc(OC)nc2)sc1CNC(C)C. The van der Waals surface area contributed by atoms with Crippen LogP contribution in [0.15, 0.2) is 18.3 Å². The lowest BCUT2D eigenvalue weighted by atomic mass is 10.2. The minimum atomic E-state index is 0.492. The number of nitrogens with zero attached hydrogens (tertiary/aromatic N) is 2. The molecule has 2 heterocycles. The standard InChI is InChI=1S/C16H23N3OS/c1-5-13-14(10-17-11(2)3)21-16(19-13)8-12-6-7-15(20-4)18-9-12/h6-7,9,11,17H,5,8,10H2,1-4H3. The zero-order valence-corrected chi connectivity index (χ0v) is 14.0. The number of hydrogen-bond acceptors (Lipinski definition) is 5. The molecule has 0 fully saturated rings. The Hall–Kier alpha value is -1.46. The van der Waals surface area contributed by atoms with Crippen molar-refractivity contribution in [3.63, 3.8) is 0 Å². The van der Waals surface area contributed by atoms with E-state index in [4.69, 9.17) is 9.72 Å². The van der Waals surface area contributed by atoms with Crippen LogP contribution in [0, 0.1) is 0 Å². The zero-order chi connectivity index (χ0) is 15.2. The molecule has 0 radical (unpaired) electrons. The summed E-state index contributed by atoms with van der Waals surface area (Å²) in [5, 5.41) is 4.62. The number of nitrogens with one attached hydrogen (secondary N) is 1. The maximum atomic E-state index is 5.08. The summed E-state index contributed by atoms with van der Waals surface area (Å²) in [7, 11) is 1.63. The van der Waals surface area contributed by atoms with Gasteiger partial charge in [0.05, 0.1) is 17.8 Å². The molecule has 0 atom stereocenters. The van der Waals surface area contributed by atoms with E-state index in [9.17, 15) is 0 Å². The van der Waals surface area contributed by atoms with E-state index in [1.807, 2.05) is 18.3 Å². The number of thiazole rings is 1. The Labute approximate surface area is 130 Å². The van der Waals surface area contributed by atoms with Gasteiger partial charge in [0.25, 0.3) is 0 Å². The summed E-state index contributed by atoms with van der Waals surface area (Å²) in [5.74, 6) is 0.647. The Kier molecular flexibility index (Phi) is 5.70. The van der Waals surface area contributed by atoms with Crippen molar-refractivity contribution in [3.8, 4) is 5.88 Å². The van der Waals surface area contributed by atoms with E-state index in [0.29, 0.717) is 11.9 Å². The molecule has 0 saturated carbocycles. The number of pyridine rings is 1. The quantitative estimate of drug-likeness (QED) is 0.853. The zero-order valence-electron chi connectivity index (χ0n) is 13.1. The second kappa shape index (κ2) is 7.52. The van der Waals surface area contributed by atoms with Crippen LogP contribution in [0.25, 0.3) is 0 Å². The van der Waals surface area contributed by atoms with Crippen LogP contribution >= 0.6 is 11.3 Å². The highest BCUT2D eigenvalue weighted by Crippen LogP contribution is 2.22. The molecule has 1 N–H and O–H groups in total. The third kappa shape index (κ3) is 4.51. The molecule has 0 aliphatic rings. The lowest BCUT2D eigenvalue weighted by Crippen LogP contribution is -2.21. The Morgan fingerprint density at radius 1 is 1.33 bits per heavy atom. The molecule has 2 aromatic rings. The fourth-order valence-electron chi connectivity index (χ4n) is 2.03. The van der Waals surface area contributed by atoms with Crippen molar-refractivity contribution in [1.29, 1.82) is 0 Å². The first-order valence-electron chi connectivity index (χ1n) is 7.32. The molecule has 2 rings (SSSR count). The fourth-order valence-corrected chi connectivity index (χ4v) is 3.18. The molecule has 0 saturated heterocycles. The van der Waals surface area contributed by atoms with Gasteiger partial charge in [-0.3, -0.25) is 0 Å². The van der Waals surface area contributed by atoms with Crippen LogP contribution in [0.3, 0.4) is 0 Å². The predicted molar refractivity (Wildman–Crippen MR) is 87.1 cm³/mol. The van der Waals surface area contributed by atoms with Crippen molar-refractivity contribution < 1.29 is 4.74 Å². The first-order valence-corrected chi connectivity index (χ1v) is 8.13. The molecule has 21 heavy (non-hydrogen) atoms. The van der Waals surface area contributed by atoms with Crippen LogP contribution in [0.4, 0.5) is 0 Å². The van der Waals surface area contributed by atoms with Gasteiger partial charge in [-0.1, -0.05) is 26.8 Å². The average molecular weight is 305 g/mol. The van der Waals surface area contributed by atoms with E-state index < -0.39 is 0 Å². The average Bonchev–Trinajstić information content (AvgIpc) is 2.88. The number of aromatic nitrogens is 2. The van der Waals surface area contributed by atoms with Crippen LogP contribution in [-0.2, 0) is 19.4 Å². The van der Waals surface area contributed by atoms with Gasteiger partial charge in [-0.25, -0.2) is 9.97 Å². The van der Waals surface area contributed by atoms with E-state index >= 15 is 0 Å². The normalized spacial score (nSPS) is 11.1. The van der Waals surface area contributed by atoms with E-state index in [1.54, 1.807) is 18.4 Å². The topological polar surface area (TPSA) is 47.0 Å².